The molecule has 0 aliphatic rings. The van der Waals surface area contributed by atoms with Gasteiger partial charge in [-0.3, -0.25) is 14.6 Å². The molecule has 0 saturated heterocycles. The lowest BCUT2D eigenvalue weighted by Gasteiger charge is -2.08. The first-order valence-electron chi connectivity index (χ1n) is 8.29. The molecule has 1 aromatic carbocycles. The van der Waals surface area contributed by atoms with Crippen LogP contribution < -0.4 is 10.6 Å². The summed E-state index contributed by atoms with van der Waals surface area (Å²) in [4.78, 5) is 40.0. The molecule has 0 unspecified atom stereocenters. The first kappa shape index (κ1) is 19.1. The van der Waals surface area contributed by atoms with Crippen LogP contribution in [0.15, 0.2) is 42.6 Å². The van der Waals surface area contributed by atoms with Gasteiger partial charge in [-0.15, -0.1) is 0 Å². The van der Waals surface area contributed by atoms with E-state index in [9.17, 15) is 14.4 Å². The summed E-state index contributed by atoms with van der Waals surface area (Å²) in [7, 11) is 1.29. The number of esters is 1. The van der Waals surface area contributed by atoms with Gasteiger partial charge in [0.1, 0.15) is 5.69 Å². The fourth-order valence-electron chi connectivity index (χ4n) is 2.21. The fourth-order valence-corrected chi connectivity index (χ4v) is 2.21. The number of benzene rings is 1. The number of nitrogens with zero attached hydrogens (tertiary/aromatic N) is 1. The van der Waals surface area contributed by atoms with E-state index in [1.807, 2.05) is 6.92 Å². The molecule has 2 rings (SSSR count). The zero-order valence-electron chi connectivity index (χ0n) is 14.7. The largest absolute Gasteiger partial charge is 0.465 e. The SMILES string of the molecule is CCCCNC(=O)c1ccnc(C(=O)Nc2cccc(C(=O)OC)c2)c1. The summed E-state index contributed by atoms with van der Waals surface area (Å²) in [5.41, 5.74) is 1.22. The minimum atomic E-state index is -0.495. The third-order valence-corrected chi connectivity index (χ3v) is 3.61. The molecule has 0 saturated carbocycles. The van der Waals surface area contributed by atoms with Crippen molar-refractivity contribution in [2.45, 2.75) is 19.8 Å². The number of aromatic nitrogens is 1. The number of nitrogens with one attached hydrogen (secondary N) is 2. The standard InChI is InChI=1S/C19H21N3O4/c1-3-4-9-21-17(23)13-8-10-20-16(12-13)18(24)22-15-7-5-6-14(11-15)19(25)26-2/h5-8,10-12H,3-4,9H2,1-2H3,(H,21,23)(H,22,24). The quantitative estimate of drug-likeness (QED) is 0.588. The topological polar surface area (TPSA) is 97.4 Å². The highest BCUT2D eigenvalue weighted by atomic mass is 16.5. The highest BCUT2D eigenvalue weighted by Gasteiger charge is 2.13. The van der Waals surface area contributed by atoms with Crippen molar-refractivity contribution >= 4 is 23.5 Å². The van der Waals surface area contributed by atoms with Crippen LogP contribution in [0, 0.1) is 0 Å². The number of ether oxygens (including phenoxy) is 1. The molecule has 1 heterocycles. The lowest BCUT2D eigenvalue weighted by molar-refractivity contribution is 0.0600. The zero-order valence-corrected chi connectivity index (χ0v) is 14.7. The van der Waals surface area contributed by atoms with Crippen molar-refractivity contribution in [2.24, 2.45) is 0 Å². The Morgan fingerprint density at radius 2 is 1.88 bits per heavy atom. The molecule has 0 bridgehead atoms. The van der Waals surface area contributed by atoms with E-state index in [1.54, 1.807) is 24.3 Å². The molecular formula is C19H21N3O4. The van der Waals surface area contributed by atoms with Gasteiger partial charge in [0.05, 0.1) is 12.7 Å². The van der Waals surface area contributed by atoms with E-state index in [2.05, 4.69) is 20.4 Å². The third kappa shape index (κ3) is 5.14. The molecular weight excluding hydrogens is 334 g/mol. The molecule has 7 nitrogen and oxygen atoms in total. The van der Waals surface area contributed by atoms with Gasteiger partial charge in [0.25, 0.3) is 11.8 Å². The number of hydrogen-bond donors (Lipinski definition) is 2. The van der Waals surface area contributed by atoms with Crippen molar-refractivity contribution in [2.75, 3.05) is 19.0 Å². The Kier molecular flexibility index (Phi) is 6.84. The lowest BCUT2D eigenvalue weighted by atomic mass is 10.2. The second-order valence-electron chi connectivity index (χ2n) is 5.57. The molecule has 2 amide bonds. The number of carbonyl (C=O) groups is 3. The lowest BCUT2D eigenvalue weighted by Crippen LogP contribution is -2.25. The first-order valence-corrected chi connectivity index (χ1v) is 8.29. The van der Waals surface area contributed by atoms with Crippen LogP contribution in [0.2, 0.25) is 0 Å². The van der Waals surface area contributed by atoms with Crippen LogP contribution in [-0.2, 0) is 4.74 Å². The molecule has 7 heteroatoms. The summed E-state index contributed by atoms with van der Waals surface area (Å²) in [5.74, 6) is -1.22. The van der Waals surface area contributed by atoms with Crippen molar-refractivity contribution in [3.05, 3.63) is 59.4 Å². The van der Waals surface area contributed by atoms with E-state index >= 15 is 0 Å². The average Bonchev–Trinajstić information content (AvgIpc) is 2.67. The predicted molar refractivity (Wildman–Crippen MR) is 97.2 cm³/mol. The van der Waals surface area contributed by atoms with Crippen molar-refractivity contribution in [1.29, 1.82) is 0 Å². The highest BCUT2D eigenvalue weighted by Crippen LogP contribution is 2.13. The minimum Gasteiger partial charge on any atom is -0.465 e. The van der Waals surface area contributed by atoms with Crippen molar-refractivity contribution < 1.29 is 19.1 Å². The van der Waals surface area contributed by atoms with Gasteiger partial charge in [-0.25, -0.2) is 4.79 Å². The Morgan fingerprint density at radius 3 is 2.62 bits per heavy atom. The molecule has 0 atom stereocenters. The van der Waals surface area contributed by atoms with Crippen LogP contribution in [-0.4, -0.2) is 36.4 Å². The molecule has 0 spiro atoms. The molecule has 2 N–H and O–H groups in total. The summed E-state index contributed by atoms with van der Waals surface area (Å²) in [6.45, 7) is 2.62. The first-order chi connectivity index (χ1) is 12.5. The molecule has 0 radical (unpaired) electrons. The molecule has 26 heavy (non-hydrogen) atoms. The monoisotopic (exact) mass is 355 g/mol. The van der Waals surface area contributed by atoms with Crippen LogP contribution in [0.1, 0.15) is 51.0 Å². The maximum absolute atomic E-state index is 12.4. The number of unbranched alkanes of at least 4 members (excludes halogenated alkanes) is 1. The summed E-state index contributed by atoms with van der Waals surface area (Å²) >= 11 is 0. The van der Waals surface area contributed by atoms with Crippen molar-refractivity contribution in [3.8, 4) is 0 Å². The number of hydrogen-bond acceptors (Lipinski definition) is 5. The Bertz CT molecular complexity index is 805. The van der Waals surface area contributed by atoms with Gasteiger partial charge in [0.2, 0.25) is 0 Å². The van der Waals surface area contributed by atoms with E-state index in [0.717, 1.165) is 12.8 Å². The van der Waals surface area contributed by atoms with E-state index in [4.69, 9.17) is 0 Å². The van der Waals surface area contributed by atoms with Gasteiger partial charge in [-0.1, -0.05) is 19.4 Å². The zero-order chi connectivity index (χ0) is 18.9. The number of amides is 2. The summed E-state index contributed by atoms with van der Waals surface area (Å²) in [5, 5.41) is 5.45. The number of rotatable bonds is 7. The normalized spacial score (nSPS) is 10.1. The predicted octanol–water partition coefficient (Wildman–Crippen LogP) is 2.65. The maximum Gasteiger partial charge on any atom is 0.337 e. The van der Waals surface area contributed by atoms with E-state index < -0.39 is 11.9 Å². The molecule has 0 fully saturated rings. The number of anilines is 1. The molecule has 0 aliphatic heterocycles. The number of carbonyl (C=O) groups excluding carboxylic acids is 3. The van der Waals surface area contributed by atoms with Gasteiger partial charge in [0.15, 0.2) is 0 Å². The Balaban J connectivity index is 2.09. The molecule has 2 aromatic rings. The maximum atomic E-state index is 12.4. The van der Waals surface area contributed by atoms with Gasteiger partial charge < -0.3 is 15.4 Å². The van der Waals surface area contributed by atoms with Crippen LogP contribution in [0.25, 0.3) is 0 Å². The van der Waals surface area contributed by atoms with Crippen molar-refractivity contribution in [3.63, 3.8) is 0 Å². The van der Waals surface area contributed by atoms with E-state index in [1.165, 1.54) is 25.4 Å². The van der Waals surface area contributed by atoms with E-state index in [0.29, 0.717) is 23.4 Å². The Morgan fingerprint density at radius 1 is 1.08 bits per heavy atom. The second kappa shape index (κ2) is 9.31. The van der Waals surface area contributed by atoms with Crippen LogP contribution >= 0.6 is 0 Å². The highest BCUT2D eigenvalue weighted by molar-refractivity contribution is 6.05. The van der Waals surface area contributed by atoms with Gasteiger partial charge in [-0.2, -0.15) is 0 Å². The average molecular weight is 355 g/mol. The van der Waals surface area contributed by atoms with Crippen LogP contribution in [0.4, 0.5) is 5.69 Å². The molecule has 1 aromatic heterocycles. The van der Waals surface area contributed by atoms with Gasteiger partial charge in [-0.05, 0) is 36.8 Å². The molecule has 0 aliphatic carbocycles. The minimum absolute atomic E-state index is 0.108. The summed E-state index contributed by atoms with van der Waals surface area (Å²) < 4.78 is 4.65. The molecule has 136 valence electrons. The second-order valence-corrected chi connectivity index (χ2v) is 5.57. The van der Waals surface area contributed by atoms with Gasteiger partial charge >= 0.3 is 5.97 Å². The third-order valence-electron chi connectivity index (χ3n) is 3.61. The summed E-state index contributed by atoms with van der Waals surface area (Å²) in [6.07, 6.45) is 3.28. The van der Waals surface area contributed by atoms with Crippen LogP contribution in [0.3, 0.4) is 0 Å². The van der Waals surface area contributed by atoms with Crippen LogP contribution in [0.5, 0.6) is 0 Å². The van der Waals surface area contributed by atoms with Gasteiger partial charge in [0, 0.05) is 24.0 Å². The Hall–Kier alpha value is -3.22. The van der Waals surface area contributed by atoms with Crippen molar-refractivity contribution in [1.82, 2.24) is 10.3 Å². The number of methoxy groups -OCH3 is 1. The van der Waals surface area contributed by atoms with E-state index in [-0.39, 0.29) is 11.6 Å². The number of pyridine rings is 1. The smallest absolute Gasteiger partial charge is 0.337 e. The summed E-state index contributed by atoms with van der Waals surface area (Å²) in [6, 6.07) is 9.35. The fraction of sp³-hybridized carbons (Fsp3) is 0.263. The Labute approximate surface area is 151 Å².